The lowest BCUT2D eigenvalue weighted by Crippen LogP contribution is -2.38. The van der Waals surface area contributed by atoms with Crippen LogP contribution in [0.1, 0.15) is 12.8 Å². The van der Waals surface area contributed by atoms with Gasteiger partial charge in [-0.05, 0) is 43.7 Å². The maximum Gasteiger partial charge on any atom is 0.0446 e. The van der Waals surface area contributed by atoms with Crippen molar-refractivity contribution in [2.45, 2.75) is 18.9 Å². The van der Waals surface area contributed by atoms with Crippen LogP contribution in [0.4, 0.5) is 5.69 Å². The first kappa shape index (κ1) is 12.7. The molecule has 0 aliphatic carbocycles. The van der Waals surface area contributed by atoms with Crippen LogP contribution < -0.4 is 10.2 Å². The number of anilines is 1. The molecule has 1 fully saturated rings. The van der Waals surface area contributed by atoms with Crippen LogP contribution in [0.3, 0.4) is 0 Å². The SMILES string of the molecule is OCCC1CN(c2ccc(Cl)cc2)CCCN1. The van der Waals surface area contributed by atoms with E-state index in [1.54, 1.807) is 0 Å². The van der Waals surface area contributed by atoms with Crippen molar-refractivity contribution in [2.75, 3.05) is 31.1 Å². The number of nitrogens with one attached hydrogen (secondary N) is 1. The van der Waals surface area contributed by atoms with Crippen molar-refractivity contribution < 1.29 is 5.11 Å². The Kier molecular flexibility index (Phi) is 4.66. The summed E-state index contributed by atoms with van der Waals surface area (Å²) in [5.74, 6) is 0. The summed E-state index contributed by atoms with van der Waals surface area (Å²) in [6, 6.07) is 8.35. The van der Waals surface area contributed by atoms with Crippen LogP contribution in [0.2, 0.25) is 5.02 Å². The Bertz CT molecular complexity index is 342. The Morgan fingerprint density at radius 1 is 1.35 bits per heavy atom. The number of rotatable bonds is 3. The lowest BCUT2D eigenvalue weighted by atomic mass is 10.2. The van der Waals surface area contributed by atoms with Crippen LogP contribution >= 0.6 is 11.6 Å². The first-order valence-corrected chi connectivity index (χ1v) is 6.52. The van der Waals surface area contributed by atoms with E-state index in [9.17, 15) is 0 Å². The summed E-state index contributed by atoms with van der Waals surface area (Å²) < 4.78 is 0. The quantitative estimate of drug-likeness (QED) is 0.865. The van der Waals surface area contributed by atoms with Crippen LogP contribution in [0.15, 0.2) is 24.3 Å². The zero-order chi connectivity index (χ0) is 12.1. The van der Waals surface area contributed by atoms with Crippen LogP contribution in [0.5, 0.6) is 0 Å². The second kappa shape index (κ2) is 6.24. The van der Waals surface area contributed by atoms with Gasteiger partial charge in [-0.15, -0.1) is 0 Å². The Labute approximate surface area is 107 Å². The molecular formula is C13H19ClN2O. The largest absolute Gasteiger partial charge is 0.396 e. The summed E-state index contributed by atoms with van der Waals surface area (Å²) in [7, 11) is 0. The summed E-state index contributed by atoms with van der Waals surface area (Å²) in [5, 5.41) is 13.3. The lowest BCUT2D eigenvalue weighted by Gasteiger charge is -2.26. The predicted molar refractivity (Wildman–Crippen MR) is 71.8 cm³/mol. The van der Waals surface area contributed by atoms with E-state index in [1.807, 2.05) is 12.1 Å². The van der Waals surface area contributed by atoms with Gasteiger partial charge in [0.05, 0.1) is 0 Å². The highest BCUT2D eigenvalue weighted by Gasteiger charge is 2.17. The Hall–Kier alpha value is -0.770. The van der Waals surface area contributed by atoms with Crippen molar-refractivity contribution in [3.63, 3.8) is 0 Å². The van der Waals surface area contributed by atoms with Gasteiger partial charge in [0.1, 0.15) is 0 Å². The summed E-state index contributed by atoms with van der Waals surface area (Å²) >= 11 is 5.90. The fourth-order valence-electron chi connectivity index (χ4n) is 2.23. The second-order valence-electron chi connectivity index (χ2n) is 4.44. The fourth-order valence-corrected chi connectivity index (χ4v) is 2.36. The molecule has 17 heavy (non-hydrogen) atoms. The average Bonchev–Trinajstić information content (AvgIpc) is 2.56. The van der Waals surface area contributed by atoms with Crippen molar-refractivity contribution in [2.24, 2.45) is 0 Å². The molecule has 1 aliphatic heterocycles. The maximum absolute atomic E-state index is 9.03. The molecule has 1 aromatic carbocycles. The van der Waals surface area contributed by atoms with E-state index in [4.69, 9.17) is 16.7 Å². The Morgan fingerprint density at radius 3 is 2.82 bits per heavy atom. The van der Waals surface area contributed by atoms with E-state index in [1.165, 1.54) is 5.69 Å². The molecule has 4 heteroatoms. The summed E-state index contributed by atoms with van der Waals surface area (Å²) in [6.07, 6.45) is 1.94. The second-order valence-corrected chi connectivity index (χ2v) is 4.88. The zero-order valence-corrected chi connectivity index (χ0v) is 10.7. The van der Waals surface area contributed by atoms with Gasteiger partial charge >= 0.3 is 0 Å². The third kappa shape index (κ3) is 3.60. The van der Waals surface area contributed by atoms with Gasteiger partial charge < -0.3 is 15.3 Å². The first-order valence-electron chi connectivity index (χ1n) is 6.14. The van der Waals surface area contributed by atoms with Crippen LogP contribution in [-0.4, -0.2) is 37.4 Å². The minimum Gasteiger partial charge on any atom is -0.396 e. The van der Waals surface area contributed by atoms with E-state index in [2.05, 4.69) is 22.3 Å². The maximum atomic E-state index is 9.03. The molecule has 1 aromatic rings. The molecule has 0 bridgehead atoms. The standard InChI is InChI=1S/C13H19ClN2O/c14-11-2-4-13(5-3-11)16-8-1-7-15-12(10-16)6-9-17/h2-5,12,15,17H,1,6-10H2. The first-order chi connectivity index (χ1) is 8.29. The molecule has 94 valence electrons. The summed E-state index contributed by atoms with van der Waals surface area (Å²) in [4.78, 5) is 2.36. The average molecular weight is 255 g/mol. The van der Waals surface area contributed by atoms with Gasteiger partial charge in [0.2, 0.25) is 0 Å². The van der Waals surface area contributed by atoms with Crippen molar-refractivity contribution >= 4 is 17.3 Å². The topological polar surface area (TPSA) is 35.5 Å². The normalized spacial score (nSPS) is 21.3. The molecule has 0 radical (unpaired) electrons. The molecule has 2 N–H and O–H groups in total. The third-order valence-corrected chi connectivity index (χ3v) is 3.40. The number of aliphatic hydroxyl groups is 1. The van der Waals surface area contributed by atoms with E-state index in [-0.39, 0.29) is 6.61 Å². The molecule has 1 atom stereocenters. The van der Waals surface area contributed by atoms with E-state index < -0.39 is 0 Å². The predicted octanol–water partition coefficient (Wildman–Crippen LogP) is 1.89. The van der Waals surface area contributed by atoms with Crippen molar-refractivity contribution in [3.05, 3.63) is 29.3 Å². The molecule has 1 aliphatic rings. The minimum atomic E-state index is 0.242. The van der Waals surface area contributed by atoms with Gasteiger partial charge in [-0.3, -0.25) is 0 Å². The number of nitrogens with zero attached hydrogens (tertiary/aromatic N) is 1. The van der Waals surface area contributed by atoms with Crippen molar-refractivity contribution in [1.82, 2.24) is 5.32 Å². The molecule has 1 saturated heterocycles. The fraction of sp³-hybridized carbons (Fsp3) is 0.538. The molecule has 0 spiro atoms. The summed E-state index contributed by atoms with van der Waals surface area (Å²) in [6.45, 7) is 3.26. The molecule has 0 aromatic heterocycles. The molecule has 3 nitrogen and oxygen atoms in total. The Morgan fingerprint density at radius 2 is 2.12 bits per heavy atom. The number of halogens is 1. The van der Waals surface area contributed by atoms with Crippen molar-refractivity contribution in [3.8, 4) is 0 Å². The molecule has 2 rings (SSSR count). The van der Waals surface area contributed by atoms with Gasteiger partial charge in [0.15, 0.2) is 0 Å². The highest BCUT2D eigenvalue weighted by molar-refractivity contribution is 6.30. The minimum absolute atomic E-state index is 0.242. The number of aliphatic hydroxyl groups excluding tert-OH is 1. The zero-order valence-electron chi connectivity index (χ0n) is 9.90. The number of hydrogen-bond acceptors (Lipinski definition) is 3. The Balaban J connectivity index is 2.05. The molecule has 0 amide bonds. The van der Waals surface area contributed by atoms with Crippen LogP contribution in [0, 0.1) is 0 Å². The van der Waals surface area contributed by atoms with Crippen LogP contribution in [0.25, 0.3) is 0 Å². The smallest absolute Gasteiger partial charge is 0.0446 e. The number of hydrogen-bond donors (Lipinski definition) is 2. The van der Waals surface area contributed by atoms with Gasteiger partial charge in [0, 0.05) is 36.4 Å². The summed E-state index contributed by atoms with van der Waals surface area (Å²) in [5.41, 5.74) is 1.21. The van der Waals surface area contributed by atoms with Gasteiger partial charge in [-0.2, -0.15) is 0 Å². The molecular weight excluding hydrogens is 236 g/mol. The number of benzene rings is 1. The monoisotopic (exact) mass is 254 g/mol. The molecule has 0 saturated carbocycles. The van der Waals surface area contributed by atoms with Gasteiger partial charge in [-0.25, -0.2) is 0 Å². The highest BCUT2D eigenvalue weighted by Crippen LogP contribution is 2.19. The van der Waals surface area contributed by atoms with E-state index >= 15 is 0 Å². The molecule has 1 unspecified atom stereocenters. The van der Waals surface area contributed by atoms with Crippen LogP contribution in [-0.2, 0) is 0 Å². The highest BCUT2D eigenvalue weighted by atomic mass is 35.5. The lowest BCUT2D eigenvalue weighted by molar-refractivity contribution is 0.267. The third-order valence-electron chi connectivity index (χ3n) is 3.15. The van der Waals surface area contributed by atoms with E-state index in [0.29, 0.717) is 6.04 Å². The van der Waals surface area contributed by atoms with Gasteiger partial charge in [-0.1, -0.05) is 11.6 Å². The van der Waals surface area contributed by atoms with Gasteiger partial charge in [0.25, 0.3) is 0 Å². The molecule has 1 heterocycles. The van der Waals surface area contributed by atoms with Crippen molar-refractivity contribution in [1.29, 1.82) is 0 Å². The van der Waals surface area contributed by atoms with E-state index in [0.717, 1.165) is 37.5 Å².